The zero-order chi connectivity index (χ0) is 21.0. The number of hydrogen-bond donors (Lipinski definition) is 2. The van der Waals surface area contributed by atoms with E-state index in [2.05, 4.69) is 5.32 Å². The highest BCUT2D eigenvalue weighted by Gasteiger charge is 2.36. The summed E-state index contributed by atoms with van der Waals surface area (Å²) in [4.78, 5) is 25.7. The Bertz CT molecular complexity index is 729. The van der Waals surface area contributed by atoms with Crippen LogP contribution in [-0.2, 0) is 16.0 Å². The van der Waals surface area contributed by atoms with Gasteiger partial charge >= 0.3 is 0 Å². The van der Waals surface area contributed by atoms with E-state index in [0.29, 0.717) is 18.9 Å². The van der Waals surface area contributed by atoms with Gasteiger partial charge in [0.15, 0.2) is 11.6 Å². The molecule has 0 spiro atoms. The van der Waals surface area contributed by atoms with Crippen LogP contribution in [-0.4, -0.2) is 40.9 Å². The minimum absolute atomic E-state index is 0.0143. The average molecular weight is 399 g/mol. The first-order valence-corrected chi connectivity index (χ1v) is 9.58. The zero-order valence-corrected chi connectivity index (χ0v) is 16.5. The van der Waals surface area contributed by atoms with E-state index >= 15 is 0 Å². The topological polar surface area (TPSA) is 75.4 Å². The molecule has 2 amide bonds. The Morgan fingerprint density at radius 3 is 2.50 bits per heavy atom. The summed E-state index contributed by atoms with van der Waals surface area (Å²) in [5.41, 5.74) is 6.12. The number of nitrogens with two attached hydrogens (primary N) is 1. The van der Waals surface area contributed by atoms with Gasteiger partial charge in [0.2, 0.25) is 11.8 Å². The quantitative estimate of drug-likeness (QED) is 0.692. The van der Waals surface area contributed by atoms with Gasteiger partial charge in [-0.1, -0.05) is 0 Å². The van der Waals surface area contributed by atoms with Crippen molar-refractivity contribution in [1.82, 2.24) is 10.2 Å². The molecule has 0 bridgehead atoms. The molecule has 1 heterocycles. The highest BCUT2D eigenvalue weighted by Crippen LogP contribution is 2.28. The van der Waals surface area contributed by atoms with Crippen molar-refractivity contribution in [1.29, 1.82) is 0 Å². The van der Waals surface area contributed by atoms with Crippen LogP contribution in [0.5, 0.6) is 0 Å². The predicted molar refractivity (Wildman–Crippen MR) is 99.8 cm³/mol. The van der Waals surface area contributed by atoms with Crippen LogP contribution >= 0.6 is 0 Å². The second-order valence-electron chi connectivity index (χ2n) is 7.65. The third kappa shape index (κ3) is 5.47. The first-order valence-electron chi connectivity index (χ1n) is 9.58. The normalized spacial score (nSPS) is 21.5. The van der Waals surface area contributed by atoms with E-state index in [0.717, 1.165) is 18.9 Å². The minimum Gasteiger partial charge on any atom is -0.345 e. The van der Waals surface area contributed by atoms with E-state index in [1.165, 1.54) is 6.92 Å². The molecule has 1 fully saturated rings. The van der Waals surface area contributed by atoms with Crippen LogP contribution in [0.25, 0.3) is 0 Å². The number of carbonyl (C=O) groups excluding carboxylic acids is 2. The fourth-order valence-corrected chi connectivity index (χ4v) is 3.85. The lowest BCUT2D eigenvalue weighted by atomic mass is 9.98. The summed E-state index contributed by atoms with van der Waals surface area (Å²) < 4.78 is 40.2. The van der Waals surface area contributed by atoms with Crippen molar-refractivity contribution in [2.24, 2.45) is 5.73 Å². The molecule has 3 N–H and O–H groups in total. The largest absolute Gasteiger partial charge is 0.345 e. The van der Waals surface area contributed by atoms with E-state index in [9.17, 15) is 22.8 Å². The maximum Gasteiger partial charge on any atom is 0.245 e. The Labute approximate surface area is 163 Å². The Morgan fingerprint density at radius 1 is 1.21 bits per heavy atom. The van der Waals surface area contributed by atoms with Gasteiger partial charge in [-0.2, -0.15) is 0 Å². The molecule has 0 aliphatic carbocycles. The van der Waals surface area contributed by atoms with Gasteiger partial charge in [-0.15, -0.1) is 0 Å². The van der Waals surface area contributed by atoms with Gasteiger partial charge in [0.1, 0.15) is 11.9 Å². The first kappa shape index (κ1) is 22.2. The lowest BCUT2D eigenvalue weighted by molar-refractivity contribution is -0.138. The maximum absolute atomic E-state index is 13.8. The highest BCUT2D eigenvalue weighted by atomic mass is 19.2. The number of rotatable bonds is 7. The van der Waals surface area contributed by atoms with Crippen LogP contribution in [0, 0.1) is 17.5 Å². The lowest BCUT2D eigenvalue weighted by Gasteiger charge is -2.32. The summed E-state index contributed by atoms with van der Waals surface area (Å²) in [6.45, 7) is 4.99. The smallest absolute Gasteiger partial charge is 0.245 e. The van der Waals surface area contributed by atoms with Crippen molar-refractivity contribution in [3.63, 3.8) is 0 Å². The van der Waals surface area contributed by atoms with Gasteiger partial charge in [-0.05, 0) is 57.6 Å². The lowest BCUT2D eigenvalue weighted by Crippen LogP contribution is -2.50. The molecule has 156 valence electrons. The summed E-state index contributed by atoms with van der Waals surface area (Å²) >= 11 is 0. The van der Waals surface area contributed by atoms with Gasteiger partial charge in [-0.3, -0.25) is 9.59 Å². The van der Waals surface area contributed by atoms with Crippen LogP contribution in [0.1, 0.15) is 52.0 Å². The molecule has 1 aliphatic heterocycles. The number of carbonyl (C=O) groups is 2. The van der Waals surface area contributed by atoms with Crippen molar-refractivity contribution in [3.8, 4) is 0 Å². The molecule has 0 saturated carbocycles. The van der Waals surface area contributed by atoms with Crippen molar-refractivity contribution < 1.29 is 22.8 Å². The third-order valence-corrected chi connectivity index (χ3v) is 5.27. The Morgan fingerprint density at radius 2 is 1.86 bits per heavy atom. The van der Waals surface area contributed by atoms with Crippen LogP contribution < -0.4 is 11.1 Å². The molecular weight excluding hydrogens is 371 g/mol. The summed E-state index contributed by atoms with van der Waals surface area (Å²) in [6, 6.07) is 0.367. The molecule has 1 aromatic carbocycles. The number of nitrogens with zero attached hydrogens (tertiary/aromatic N) is 1. The number of amides is 2. The van der Waals surface area contributed by atoms with Crippen molar-refractivity contribution in [3.05, 3.63) is 35.1 Å². The van der Waals surface area contributed by atoms with Gasteiger partial charge in [0, 0.05) is 31.1 Å². The molecule has 28 heavy (non-hydrogen) atoms. The van der Waals surface area contributed by atoms with Crippen LogP contribution in [0.2, 0.25) is 0 Å². The second-order valence-corrected chi connectivity index (χ2v) is 7.65. The van der Waals surface area contributed by atoms with E-state index in [4.69, 9.17) is 5.73 Å². The van der Waals surface area contributed by atoms with Gasteiger partial charge < -0.3 is 16.0 Å². The summed E-state index contributed by atoms with van der Waals surface area (Å²) in [6.07, 6.45) is 2.90. The molecule has 0 radical (unpaired) electrons. The van der Waals surface area contributed by atoms with E-state index in [1.54, 1.807) is 11.8 Å². The summed E-state index contributed by atoms with van der Waals surface area (Å²) in [7, 11) is 0. The van der Waals surface area contributed by atoms with E-state index in [1.807, 2.05) is 6.92 Å². The average Bonchev–Trinajstić information content (AvgIpc) is 2.97. The maximum atomic E-state index is 13.8. The number of halogens is 3. The highest BCUT2D eigenvalue weighted by molar-refractivity contribution is 5.87. The number of likely N-dealkylation sites (tertiary alicyclic amines) is 1. The molecule has 2 rings (SSSR count). The fourth-order valence-electron chi connectivity index (χ4n) is 3.85. The molecule has 0 aromatic heterocycles. The first-order chi connectivity index (χ1) is 13.1. The fraction of sp³-hybridized carbons (Fsp3) is 0.600. The minimum atomic E-state index is -1.22. The molecule has 2 unspecified atom stereocenters. The van der Waals surface area contributed by atoms with Crippen molar-refractivity contribution in [2.45, 2.75) is 77.0 Å². The van der Waals surface area contributed by atoms with Crippen molar-refractivity contribution >= 4 is 11.8 Å². The zero-order valence-electron chi connectivity index (χ0n) is 16.5. The number of hydrogen-bond acceptors (Lipinski definition) is 3. The van der Waals surface area contributed by atoms with Gasteiger partial charge in [0.25, 0.3) is 0 Å². The Balaban J connectivity index is 1.95. The summed E-state index contributed by atoms with van der Waals surface area (Å²) in [5.74, 6) is -3.54. The molecule has 1 saturated heterocycles. The second kappa shape index (κ2) is 9.41. The number of nitrogens with one attached hydrogen (secondary N) is 1. The van der Waals surface area contributed by atoms with Gasteiger partial charge in [-0.25, -0.2) is 13.2 Å². The Hall–Kier alpha value is -2.09. The molecule has 1 aromatic rings. The molecular formula is C20H28F3N3O2. The third-order valence-electron chi connectivity index (χ3n) is 5.27. The van der Waals surface area contributed by atoms with Crippen LogP contribution in [0.4, 0.5) is 13.2 Å². The van der Waals surface area contributed by atoms with E-state index in [-0.39, 0.29) is 35.9 Å². The van der Waals surface area contributed by atoms with Crippen LogP contribution in [0.3, 0.4) is 0 Å². The molecule has 1 aliphatic rings. The standard InChI is InChI=1S/C20H28F3N3O2/c1-11-4-6-16(26(11)20(28)12(2)25-13(3)27)7-5-15(24)8-14-9-18(22)19(23)10-17(14)21/h9-12,15-16H,4-8,24H2,1-3H3,(H,25,27)/t11?,12-,15+,16?/m1/s1. The summed E-state index contributed by atoms with van der Waals surface area (Å²) in [5, 5.41) is 2.61. The number of benzene rings is 1. The Kier molecular flexibility index (Phi) is 7.46. The van der Waals surface area contributed by atoms with Crippen molar-refractivity contribution in [2.75, 3.05) is 0 Å². The SMILES string of the molecule is CC(=O)N[C@H](C)C(=O)N1C(C)CCC1CC[C@H](N)Cc1cc(F)c(F)cc1F. The molecule has 5 nitrogen and oxygen atoms in total. The van der Waals surface area contributed by atoms with Gasteiger partial charge in [0.05, 0.1) is 0 Å². The molecule has 8 heteroatoms. The molecule has 4 atom stereocenters. The monoisotopic (exact) mass is 399 g/mol. The predicted octanol–water partition coefficient (Wildman–Crippen LogP) is 2.66. The van der Waals surface area contributed by atoms with E-state index < -0.39 is 29.5 Å². The van der Waals surface area contributed by atoms with Crippen LogP contribution in [0.15, 0.2) is 12.1 Å².